The van der Waals surface area contributed by atoms with Gasteiger partial charge in [0.05, 0.1) is 17.2 Å². The molecule has 1 saturated heterocycles. The van der Waals surface area contributed by atoms with Gasteiger partial charge in [-0.25, -0.2) is 4.39 Å². The molecule has 18 heavy (non-hydrogen) atoms. The van der Waals surface area contributed by atoms with Crippen molar-refractivity contribution in [2.45, 2.75) is 0 Å². The van der Waals surface area contributed by atoms with Crippen LogP contribution in [0.1, 0.15) is 0 Å². The van der Waals surface area contributed by atoms with E-state index in [4.69, 9.17) is 4.74 Å². The third-order valence-corrected chi connectivity index (χ3v) is 3.26. The fraction of sp³-hybridized carbons (Fsp3) is 0.0667. The fourth-order valence-corrected chi connectivity index (χ4v) is 2.37. The van der Waals surface area contributed by atoms with Gasteiger partial charge in [0.2, 0.25) is 0 Å². The molecule has 1 aliphatic rings. The zero-order valence-electron chi connectivity index (χ0n) is 9.56. The summed E-state index contributed by atoms with van der Waals surface area (Å²) in [6.07, 6.45) is 1.97. The van der Waals surface area contributed by atoms with Crippen LogP contribution in [-0.2, 0) is 4.74 Å². The Morgan fingerprint density at radius 3 is 2.67 bits per heavy atom. The average molecular weight is 239 g/mol. The van der Waals surface area contributed by atoms with E-state index in [0.717, 1.165) is 27.6 Å². The molecule has 88 valence electrons. The summed E-state index contributed by atoms with van der Waals surface area (Å²) in [6, 6.07) is 12.9. The Balaban J connectivity index is 2.20. The molecule has 0 amide bonds. The molecular formula is C15H10FNO. The molecular weight excluding hydrogens is 229 g/mol. The molecule has 2 aromatic carbocycles. The summed E-state index contributed by atoms with van der Waals surface area (Å²) in [5.74, 6) is 0.753. The number of halogens is 1. The van der Waals surface area contributed by atoms with E-state index in [1.807, 2.05) is 36.5 Å². The summed E-state index contributed by atoms with van der Waals surface area (Å²) >= 11 is 0. The van der Waals surface area contributed by atoms with Gasteiger partial charge in [-0.2, -0.15) is 0 Å². The highest BCUT2D eigenvalue weighted by molar-refractivity contribution is 6.09. The van der Waals surface area contributed by atoms with E-state index in [1.54, 1.807) is 6.07 Å². The first-order valence-electron chi connectivity index (χ1n) is 5.84. The molecule has 2 heterocycles. The topological polar surface area (TPSA) is 17.5 Å². The number of benzene rings is 2. The van der Waals surface area contributed by atoms with Crippen molar-refractivity contribution in [2.75, 3.05) is 6.61 Å². The third-order valence-electron chi connectivity index (χ3n) is 3.26. The molecule has 0 unspecified atom stereocenters. The molecule has 1 aromatic heterocycles. The largest absolute Gasteiger partial charge is 0.485 e. The van der Waals surface area contributed by atoms with Crippen molar-refractivity contribution < 1.29 is 9.13 Å². The van der Waals surface area contributed by atoms with Crippen LogP contribution in [0.5, 0.6) is 0 Å². The van der Waals surface area contributed by atoms with Crippen LogP contribution in [0, 0.1) is 5.82 Å². The molecule has 0 bridgehead atoms. The highest BCUT2D eigenvalue weighted by atomic mass is 19.1. The first-order valence-corrected chi connectivity index (χ1v) is 5.84. The van der Waals surface area contributed by atoms with Crippen molar-refractivity contribution in [1.29, 1.82) is 0 Å². The van der Waals surface area contributed by atoms with Gasteiger partial charge in [0, 0.05) is 10.8 Å². The maximum absolute atomic E-state index is 13.4. The smallest absolute Gasteiger partial charge is 0.151 e. The molecule has 1 fully saturated rings. The Morgan fingerprint density at radius 1 is 1.06 bits per heavy atom. The highest BCUT2D eigenvalue weighted by Crippen LogP contribution is 2.31. The zero-order chi connectivity index (χ0) is 12.1. The second-order valence-electron chi connectivity index (χ2n) is 4.43. The second-order valence-corrected chi connectivity index (χ2v) is 4.43. The van der Waals surface area contributed by atoms with E-state index < -0.39 is 0 Å². The molecule has 0 radical (unpaired) electrons. The van der Waals surface area contributed by atoms with E-state index in [0.29, 0.717) is 6.61 Å². The monoisotopic (exact) mass is 239 g/mol. The van der Waals surface area contributed by atoms with Crippen molar-refractivity contribution in [3.05, 3.63) is 54.0 Å². The summed E-state index contributed by atoms with van der Waals surface area (Å²) in [5, 5.41) is 1.99. The summed E-state index contributed by atoms with van der Waals surface area (Å²) in [5.41, 5.74) is 2.07. The van der Waals surface area contributed by atoms with Gasteiger partial charge < -0.3 is 9.30 Å². The number of aromatic nitrogens is 1. The van der Waals surface area contributed by atoms with Crippen LogP contribution in [0.3, 0.4) is 0 Å². The normalized spacial score (nSPS) is 16.4. The minimum absolute atomic E-state index is 0.208. The van der Waals surface area contributed by atoms with Gasteiger partial charge in [0.1, 0.15) is 12.4 Å². The summed E-state index contributed by atoms with van der Waals surface area (Å²) < 4.78 is 20.6. The van der Waals surface area contributed by atoms with Crippen LogP contribution < -0.4 is 0 Å². The lowest BCUT2D eigenvalue weighted by molar-refractivity contribution is 0.511. The van der Waals surface area contributed by atoms with Crippen LogP contribution in [0.2, 0.25) is 0 Å². The number of hydrogen-bond donors (Lipinski definition) is 0. The number of epoxide rings is 1. The molecule has 2 nitrogen and oxygen atoms in total. The minimum atomic E-state index is -0.208. The molecule has 0 saturated carbocycles. The molecule has 0 N–H and O–H groups in total. The summed E-state index contributed by atoms with van der Waals surface area (Å²) in [7, 11) is 0. The van der Waals surface area contributed by atoms with Gasteiger partial charge in [0.25, 0.3) is 0 Å². The SMILES string of the molecule is Fc1ccc2c(c1)c1ccccc1n2C=C1CO1. The Bertz CT molecular complexity index is 795. The minimum Gasteiger partial charge on any atom is -0.485 e. The quantitative estimate of drug-likeness (QED) is 0.591. The molecule has 3 aromatic rings. The predicted molar refractivity (Wildman–Crippen MR) is 69.6 cm³/mol. The number of rotatable bonds is 1. The van der Waals surface area contributed by atoms with Gasteiger partial charge in [-0.05, 0) is 24.3 Å². The molecule has 3 heteroatoms. The van der Waals surface area contributed by atoms with Crippen molar-refractivity contribution in [3.63, 3.8) is 0 Å². The van der Waals surface area contributed by atoms with E-state index in [-0.39, 0.29) is 5.82 Å². The van der Waals surface area contributed by atoms with Crippen molar-refractivity contribution in [1.82, 2.24) is 4.57 Å². The zero-order valence-corrected chi connectivity index (χ0v) is 9.56. The van der Waals surface area contributed by atoms with Crippen LogP contribution in [0.25, 0.3) is 28.0 Å². The van der Waals surface area contributed by atoms with E-state index >= 15 is 0 Å². The molecule has 4 rings (SSSR count). The van der Waals surface area contributed by atoms with Crippen molar-refractivity contribution >= 4 is 28.0 Å². The van der Waals surface area contributed by atoms with E-state index in [9.17, 15) is 4.39 Å². The van der Waals surface area contributed by atoms with Crippen LogP contribution in [0.4, 0.5) is 4.39 Å². The molecule has 0 spiro atoms. The van der Waals surface area contributed by atoms with Crippen LogP contribution in [0.15, 0.2) is 48.2 Å². The van der Waals surface area contributed by atoms with Gasteiger partial charge in [-0.15, -0.1) is 0 Å². The predicted octanol–water partition coefficient (Wildman–Crippen LogP) is 3.76. The first kappa shape index (κ1) is 9.71. The molecule has 0 aliphatic carbocycles. The molecule has 0 atom stereocenters. The van der Waals surface area contributed by atoms with Gasteiger partial charge in [-0.1, -0.05) is 18.2 Å². The van der Waals surface area contributed by atoms with E-state index in [2.05, 4.69) is 4.57 Å². The van der Waals surface area contributed by atoms with Crippen molar-refractivity contribution in [2.24, 2.45) is 0 Å². The maximum atomic E-state index is 13.4. The Labute approximate surface area is 103 Å². The van der Waals surface area contributed by atoms with Gasteiger partial charge in [-0.3, -0.25) is 0 Å². The lowest BCUT2D eigenvalue weighted by atomic mass is 10.1. The number of para-hydroxylation sites is 1. The van der Waals surface area contributed by atoms with Crippen molar-refractivity contribution in [3.8, 4) is 0 Å². The summed E-state index contributed by atoms with van der Waals surface area (Å²) in [4.78, 5) is 0. The van der Waals surface area contributed by atoms with Crippen LogP contribution >= 0.6 is 0 Å². The van der Waals surface area contributed by atoms with Gasteiger partial charge >= 0.3 is 0 Å². The summed E-state index contributed by atoms with van der Waals surface area (Å²) in [6.45, 7) is 0.690. The Kier molecular flexibility index (Phi) is 1.81. The average Bonchev–Trinajstić information content (AvgIpc) is 3.15. The lowest BCUT2D eigenvalue weighted by Crippen LogP contribution is -1.85. The number of fused-ring (bicyclic) bond motifs is 3. The van der Waals surface area contributed by atoms with E-state index in [1.165, 1.54) is 6.07 Å². The number of hydrogen-bond acceptors (Lipinski definition) is 1. The Hall–Kier alpha value is -2.29. The first-order chi connectivity index (χ1) is 8.83. The number of nitrogens with zero attached hydrogens (tertiary/aromatic N) is 1. The van der Waals surface area contributed by atoms with Gasteiger partial charge in [0.15, 0.2) is 5.76 Å². The number of ether oxygens (including phenoxy) is 1. The fourth-order valence-electron chi connectivity index (χ4n) is 2.37. The van der Waals surface area contributed by atoms with Crippen LogP contribution in [-0.4, -0.2) is 11.2 Å². The maximum Gasteiger partial charge on any atom is 0.151 e. The molecule has 1 aliphatic heterocycles. The highest BCUT2D eigenvalue weighted by Gasteiger charge is 2.16. The third kappa shape index (κ3) is 1.34. The standard InChI is InChI=1S/C15H10FNO/c16-10-5-6-15-13(7-10)12-3-1-2-4-14(12)17(15)8-11-9-18-11/h1-8H,9H2. The Morgan fingerprint density at radius 2 is 1.83 bits per heavy atom. The lowest BCUT2D eigenvalue weighted by Gasteiger charge is -1.98. The second kappa shape index (κ2) is 3.35.